The standard InChI is InChI=1S/C9H11FN2OS/c10-6-3-7(11)5-8(4-6)14-2-1-9(12)13/h3-5H,1-2,11H2,(H2,12,13). The fourth-order valence-corrected chi connectivity index (χ4v) is 1.89. The maximum absolute atomic E-state index is 12.8. The Labute approximate surface area is 85.7 Å². The van der Waals surface area contributed by atoms with Gasteiger partial charge >= 0.3 is 0 Å². The highest BCUT2D eigenvalue weighted by Gasteiger charge is 2.00. The summed E-state index contributed by atoms with van der Waals surface area (Å²) in [6.07, 6.45) is 0.279. The molecule has 1 aromatic rings. The molecule has 1 rings (SSSR count). The lowest BCUT2D eigenvalue weighted by Gasteiger charge is -2.01. The first kappa shape index (κ1) is 10.8. The minimum absolute atomic E-state index is 0.279. The van der Waals surface area contributed by atoms with Gasteiger partial charge in [-0.05, 0) is 18.2 Å². The number of halogens is 1. The molecule has 0 atom stereocenters. The monoisotopic (exact) mass is 214 g/mol. The second-order valence-electron chi connectivity index (χ2n) is 2.79. The second-order valence-corrected chi connectivity index (χ2v) is 3.95. The van der Waals surface area contributed by atoms with Crippen molar-refractivity contribution in [2.75, 3.05) is 11.5 Å². The van der Waals surface area contributed by atoms with Crippen molar-refractivity contribution in [2.45, 2.75) is 11.3 Å². The van der Waals surface area contributed by atoms with Crippen LogP contribution in [-0.2, 0) is 4.79 Å². The third kappa shape index (κ3) is 3.66. The molecule has 3 nitrogen and oxygen atoms in total. The zero-order valence-electron chi connectivity index (χ0n) is 7.50. The molecule has 76 valence electrons. The van der Waals surface area contributed by atoms with E-state index in [2.05, 4.69) is 0 Å². The van der Waals surface area contributed by atoms with Crippen LogP contribution in [0.4, 0.5) is 10.1 Å². The van der Waals surface area contributed by atoms with Gasteiger partial charge in [-0.1, -0.05) is 0 Å². The van der Waals surface area contributed by atoms with Crippen LogP contribution in [0.2, 0.25) is 0 Å². The van der Waals surface area contributed by atoms with Crippen molar-refractivity contribution in [3.05, 3.63) is 24.0 Å². The molecular weight excluding hydrogens is 203 g/mol. The molecule has 1 aromatic carbocycles. The Hall–Kier alpha value is -1.23. The van der Waals surface area contributed by atoms with Crippen LogP contribution in [0.25, 0.3) is 0 Å². The summed E-state index contributed by atoms with van der Waals surface area (Å²) in [6, 6.07) is 4.29. The van der Waals surface area contributed by atoms with Gasteiger partial charge in [0.1, 0.15) is 5.82 Å². The molecule has 0 radical (unpaired) electrons. The first-order chi connectivity index (χ1) is 6.58. The fraction of sp³-hybridized carbons (Fsp3) is 0.222. The van der Waals surface area contributed by atoms with Crippen molar-refractivity contribution < 1.29 is 9.18 Å². The molecule has 0 bridgehead atoms. The first-order valence-electron chi connectivity index (χ1n) is 4.05. The normalized spacial score (nSPS) is 10.1. The van der Waals surface area contributed by atoms with E-state index in [1.54, 1.807) is 6.07 Å². The lowest BCUT2D eigenvalue weighted by atomic mass is 10.3. The minimum Gasteiger partial charge on any atom is -0.399 e. The average Bonchev–Trinajstić information content (AvgIpc) is 2.01. The van der Waals surface area contributed by atoms with E-state index in [0.29, 0.717) is 16.3 Å². The highest BCUT2D eigenvalue weighted by molar-refractivity contribution is 7.99. The second kappa shape index (κ2) is 4.85. The molecule has 0 heterocycles. The number of anilines is 1. The number of thioether (sulfide) groups is 1. The zero-order chi connectivity index (χ0) is 10.6. The van der Waals surface area contributed by atoms with Gasteiger partial charge in [0.2, 0.25) is 5.91 Å². The lowest BCUT2D eigenvalue weighted by molar-refractivity contribution is -0.117. The van der Waals surface area contributed by atoms with Crippen molar-refractivity contribution in [3.63, 3.8) is 0 Å². The van der Waals surface area contributed by atoms with Crippen molar-refractivity contribution in [1.82, 2.24) is 0 Å². The third-order valence-electron chi connectivity index (χ3n) is 1.51. The number of benzene rings is 1. The van der Waals surface area contributed by atoms with Crippen LogP contribution in [0.1, 0.15) is 6.42 Å². The highest BCUT2D eigenvalue weighted by Crippen LogP contribution is 2.22. The molecule has 0 unspecified atom stereocenters. The zero-order valence-corrected chi connectivity index (χ0v) is 8.31. The van der Waals surface area contributed by atoms with Crippen LogP contribution in [0.5, 0.6) is 0 Å². The molecule has 0 fully saturated rings. The van der Waals surface area contributed by atoms with E-state index in [-0.39, 0.29) is 18.1 Å². The molecule has 0 aliphatic rings. The molecule has 0 aliphatic heterocycles. The maximum Gasteiger partial charge on any atom is 0.218 e. The van der Waals surface area contributed by atoms with Gasteiger partial charge in [0.05, 0.1) is 0 Å². The van der Waals surface area contributed by atoms with E-state index in [9.17, 15) is 9.18 Å². The van der Waals surface area contributed by atoms with E-state index >= 15 is 0 Å². The van der Waals surface area contributed by atoms with Gasteiger partial charge < -0.3 is 11.5 Å². The number of primary amides is 1. The van der Waals surface area contributed by atoms with Crippen LogP contribution in [0.15, 0.2) is 23.1 Å². The summed E-state index contributed by atoms with van der Waals surface area (Å²) in [5, 5.41) is 0. The van der Waals surface area contributed by atoms with E-state index < -0.39 is 0 Å². The molecule has 0 aliphatic carbocycles. The largest absolute Gasteiger partial charge is 0.399 e. The van der Waals surface area contributed by atoms with Crippen LogP contribution >= 0.6 is 11.8 Å². The predicted octanol–water partition coefficient (Wildman–Crippen LogP) is 1.38. The highest BCUT2D eigenvalue weighted by atomic mass is 32.2. The Kier molecular flexibility index (Phi) is 3.76. The van der Waals surface area contributed by atoms with E-state index in [0.717, 1.165) is 0 Å². The number of nitrogens with two attached hydrogens (primary N) is 2. The number of hydrogen-bond donors (Lipinski definition) is 2. The third-order valence-corrected chi connectivity index (χ3v) is 2.49. The Bertz CT molecular complexity index is 323. The van der Waals surface area contributed by atoms with Crippen LogP contribution in [0, 0.1) is 5.82 Å². The summed E-state index contributed by atoms with van der Waals surface area (Å²) in [5.74, 6) is -0.188. The summed E-state index contributed by atoms with van der Waals surface area (Å²) in [4.78, 5) is 11.1. The smallest absolute Gasteiger partial charge is 0.218 e. The van der Waals surface area contributed by atoms with Gasteiger partial charge in [0.15, 0.2) is 0 Å². The van der Waals surface area contributed by atoms with Crippen molar-refractivity contribution in [3.8, 4) is 0 Å². The van der Waals surface area contributed by atoms with Crippen molar-refractivity contribution in [1.29, 1.82) is 0 Å². The number of nitrogen functional groups attached to an aromatic ring is 1. The van der Waals surface area contributed by atoms with Crippen molar-refractivity contribution >= 4 is 23.4 Å². The van der Waals surface area contributed by atoms with E-state index in [1.165, 1.54) is 23.9 Å². The van der Waals surface area contributed by atoms with Crippen LogP contribution < -0.4 is 11.5 Å². The SMILES string of the molecule is NC(=O)CCSc1cc(N)cc(F)c1. The quantitative estimate of drug-likeness (QED) is 0.587. The molecular formula is C9H11FN2OS. The van der Waals surface area contributed by atoms with Gasteiger partial charge in [0, 0.05) is 22.8 Å². The van der Waals surface area contributed by atoms with Crippen LogP contribution in [0.3, 0.4) is 0 Å². The van der Waals surface area contributed by atoms with Crippen molar-refractivity contribution in [2.24, 2.45) is 5.73 Å². The predicted molar refractivity (Wildman–Crippen MR) is 55.3 cm³/mol. The molecule has 4 N–H and O–H groups in total. The van der Waals surface area contributed by atoms with E-state index in [1.807, 2.05) is 0 Å². The van der Waals surface area contributed by atoms with E-state index in [4.69, 9.17) is 11.5 Å². The van der Waals surface area contributed by atoms with Gasteiger partial charge in [-0.3, -0.25) is 4.79 Å². The summed E-state index contributed by atoms with van der Waals surface area (Å²) in [6.45, 7) is 0. The molecule has 1 amide bonds. The Balaban J connectivity index is 2.54. The molecule has 0 saturated carbocycles. The number of carbonyl (C=O) groups excluding carboxylic acids is 1. The molecule has 0 aromatic heterocycles. The first-order valence-corrected chi connectivity index (χ1v) is 5.03. The lowest BCUT2D eigenvalue weighted by Crippen LogP contribution is -2.10. The topological polar surface area (TPSA) is 69.1 Å². The molecule has 0 saturated heterocycles. The fourth-order valence-electron chi connectivity index (χ4n) is 0.937. The summed E-state index contributed by atoms with van der Waals surface area (Å²) in [7, 11) is 0. The van der Waals surface area contributed by atoms with Gasteiger partial charge in [-0.25, -0.2) is 4.39 Å². The summed E-state index contributed by atoms with van der Waals surface area (Å²) in [5.41, 5.74) is 10.8. The summed E-state index contributed by atoms with van der Waals surface area (Å²) >= 11 is 1.36. The Morgan fingerprint density at radius 3 is 2.71 bits per heavy atom. The van der Waals surface area contributed by atoms with Gasteiger partial charge in [-0.15, -0.1) is 11.8 Å². The van der Waals surface area contributed by atoms with Gasteiger partial charge in [-0.2, -0.15) is 0 Å². The Morgan fingerprint density at radius 2 is 2.14 bits per heavy atom. The number of rotatable bonds is 4. The molecule has 5 heteroatoms. The molecule has 0 spiro atoms. The Morgan fingerprint density at radius 1 is 1.43 bits per heavy atom. The van der Waals surface area contributed by atoms with Gasteiger partial charge in [0.25, 0.3) is 0 Å². The van der Waals surface area contributed by atoms with Crippen LogP contribution in [-0.4, -0.2) is 11.7 Å². The average molecular weight is 214 g/mol. The minimum atomic E-state index is -0.369. The number of hydrogen-bond acceptors (Lipinski definition) is 3. The number of amides is 1. The summed E-state index contributed by atoms with van der Waals surface area (Å²) < 4.78 is 12.8. The maximum atomic E-state index is 12.8. The molecule has 14 heavy (non-hydrogen) atoms. The number of carbonyl (C=O) groups is 1.